The maximum atomic E-state index is 5.95. The molecule has 130 valence electrons. The third-order valence-corrected chi connectivity index (χ3v) is 5.22. The van der Waals surface area contributed by atoms with Crippen LogP contribution in [0.2, 0.25) is 0 Å². The molecule has 0 saturated carbocycles. The number of nitrogens with zero attached hydrogens (tertiary/aromatic N) is 2. The lowest BCUT2D eigenvalue weighted by molar-refractivity contribution is -0.0286. The van der Waals surface area contributed by atoms with E-state index >= 15 is 0 Å². The van der Waals surface area contributed by atoms with Crippen LogP contribution in [0.15, 0.2) is 0 Å². The Hall–Kier alpha value is -0.160. The topological polar surface area (TPSA) is 24.9 Å². The third kappa shape index (κ3) is 6.53. The molecule has 0 radical (unpaired) electrons. The molecule has 2 fully saturated rings. The summed E-state index contributed by atoms with van der Waals surface area (Å²) in [6.45, 7) is 15.2. The first kappa shape index (κ1) is 18.2. The minimum absolute atomic E-state index is 0.446. The molecule has 2 saturated heterocycles. The zero-order valence-corrected chi connectivity index (χ0v) is 14.9. The number of rotatable bonds is 8. The fraction of sp³-hybridized carbons (Fsp3) is 1.00. The van der Waals surface area contributed by atoms with Crippen LogP contribution in [0.4, 0.5) is 0 Å². The van der Waals surface area contributed by atoms with Crippen LogP contribution in [0, 0.1) is 5.92 Å². The van der Waals surface area contributed by atoms with Crippen molar-refractivity contribution in [1.29, 1.82) is 0 Å². The van der Waals surface area contributed by atoms with Crippen molar-refractivity contribution in [3.8, 4) is 0 Å². The van der Waals surface area contributed by atoms with Crippen LogP contribution in [0.1, 0.15) is 46.5 Å². The fourth-order valence-electron chi connectivity index (χ4n) is 3.41. The molecule has 0 aliphatic carbocycles. The molecule has 0 aromatic carbocycles. The molecular weight excluding hydrogens is 276 g/mol. The van der Waals surface area contributed by atoms with Crippen molar-refractivity contribution in [3.63, 3.8) is 0 Å². The predicted molar refractivity (Wildman–Crippen MR) is 91.3 cm³/mol. The third-order valence-electron chi connectivity index (χ3n) is 5.22. The van der Waals surface area contributed by atoms with Crippen LogP contribution in [-0.2, 0) is 9.47 Å². The van der Waals surface area contributed by atoms with Gasteiger partial charge in [0.2, 0.25) is 0 Å². The van der Waals surface area contributed by atoms with E-state index in [0.29, 0.717) is 12.1 Å². The Morgan fingerprint density at radius 2 is 1.59 bits per heavy atom. The highest BCUT2D eigenvalue weighted by molar-refractivity contribution is 4.74. The lowest BCUT2D eigenvalue weighted by atomic mass is 9.99. The summed E-state index contributed by atoms with van der Waals surface area (Å²) in [5, 5.41) is 0. The first-order valence-corrected chi connectivity index (χ1v) is 9.31. The molecule has 2 heterocycles. The predicted octanol–water partition coefficient (Wildman–Crippen LogP) is 2.62. The normalized spacial score (nSPS) is 23.5. The maximum absolute atomic E-state index is 5.95. The van der Waals surface area contributed by atoms with Crippen molar-refractivity contribution in [1.82, 2.24) is 9.80 Å². The number of hydrogen-bond donors (Lipinski definition) is 0. The smallest absolute Gasteiger partial charge is 0.0704 e. The SMILES string of the molecule is CC1CCN(CCOCCOC2CCN(C(C)C)CC2)CC1. The molecule has 2 rings (SSSR count). The highest BCUT2D eigenvalue weighted by Crippen LogP contribution is 2.16. The molecule has 2 aliphatic heterocycles. The van der Waals surface area contributed by atoms with Crippen molar-refractivity contribution in [2.75, 3.05) is 52.5 Å². The molecule has 0 aromatic heterocycles. The Morgan fingerprint density at radius 1 is 0.909 bits per heavy atom. The van der Waals surface area contributed by atoms with Crippen LogP contribution in [0.5, 0.6) is 0 Å². The van der Waals surface area contributed by atoms with E-state index < -0.39 is 0 Å². The Bertz CT molecular complexity index is 283. The van der Waals surface area contributed by atoms with E-state index in [1.165, 1.54) is 51.9 Å². The molecule has 0 unspecified atom stereocenters. The first-order chi connectivity index (χ1) is 10.6. The number of ether oxygens (including phenoxy) is 2. The van der Waals surface area contributed by atoms with Crippen LogP contribution >= 0.6 is 0 Å². The van der Waals surface area contributed by atoms with E-state index in [9.17, 15) is 0 Å². The van der Waals surface area contributed by atoms with Crippen molar-refractivity contribution in [3.05, 3.63) is 0 Å². The molecular formula is C18H36N2O2. The second-order valence-corrected chi connectivity index (χ2v) is 7.34. The zero-order valence-electron chi connectivity index (χ0n) is 14.9. The number of likely N-dealkylation sites (tertiary alicyclic amines) is 2. The van der Waals surface area contributed by atoms with Crippen LogP contribution in [0.3, 0.4) is 0 Å². The van der Waals surface area contributed by atoms with Gasteiger partial charge in [-0.2, -0.15) is 0 Å². The van der Waals surface area contributed by atoms with Crippen LogP contribution in [0.25, 0.3) is 0 Å². The van der Waals surface area contributed by atoms with Gasteiger partial charge in [-0.05, 0) is 58.5 Å². The lowest BCUT2D eigenvalue weighted by Gasteiger charge is -2.34. The number of hydrogen-bond acceptors (Lipinski definition) is 4. The van der Waals surface area contributed by atoms with Gasteiger partial charge in [-0.15, -0.1) is 0 Å². The molecule has 0 amide bonds. The summed E-state index contributed by atoms with van der Waals surface area (Å²) < 4.78 is 11.7. The quantitative estimate of drug-likeness (QED) is 0.643. The number of piperidine rings is 2. The minimum Gasteiger partial charge on any atom is -0.378 e. The van der Waals surface area contributed by atoms with Gasteiger partial charge in [0.25, 0.3) is 0 Å². The minimum atomic E-state index is 0.446. The molecule has 0 N–H and O–H groups in total. The molecule has 22 heavy (non-hydrogen) atoms. The van der Waals surface area contributed by atoms with E-state index in [4.69, 9.17) is 9.47 Å². The highest BCUT2D eigenvalue weighted by atomic mass is 16.5. The molecule has 4 heteroatoms. The van der Waals surface area contributed by atoms with Gasteiger partial charge in [0.15, 0.2) is 0 Å². The van der Waals surface area contributed by atoms with E-state index in [0.717, 1.165) is 32.3 Å². The summed E-state index contributed by atoms with van der Waals surface area (Å²) in [4.78, 5) is 5.07. The van der Waals surface area contributed by atoms with Crippen LogP contribution in [-0.4, -0.2) is 74.5 Å². The van der Waals surface area contributed by atoms with Gasteiger partial charge >= 0.3 is 0 Å². The average Bonchev–Trinajstić information content (AvgIpc) is 2.53. The van der Waals surface area contributed by atoms with Crippen molar-refractivity contribution >= 4 is 0 Å². The van der Waals surface area contributed by atoms with Gasteiger partial charge in [0, 0.05) is 25.7 Å². The second-order valence-electron chi connectivity index (χ2n) is 7.34. The molecule has 2 aliphatic rings. The summed E-state index contributed by atoms with van der Waals surface area (Å²) in [6.07, 6.45) is 5.48. The summed E-state index contributed by atoms with van der Waals surface area (Å²) >= 11 is 0. The maximum Gasteiger partial charge on any atom is 0.0704 e. The Morgan fingerprint density at radius 3 is 2.23 bits per heavy atom. The highest BCUT2D eigenvalue weighted by Gasteiger charge is 2.21. The Balaban J connectivity index is 1.42. The second kappa shape index (κ2) is 9.86. The fourth-order valence-corrected chi connectivity index (χ4v) is 3.41. The monoisotopic (exact) mass is 312 g/mol. The Labute approximate surface area is 137 Å². The first-order valence-electron chi connectivity index (χ1n) is 9.31. The molecule has 0 spiro atoms. The average molecular weight is 312 g/mol. The van der Waals surface area contributed by atoms with Gasteiger partial charge in [0.05, 0.1) is 25.9 Å². The van der Waals surface area contributed by atoms with Gasteiger partial charge in [-0.1, -0.05) is 6.92 Å². The summed E-state index contributed by atoms with van der Waals surface area (Å²) in [6, 6.07) is 0.669. The van der Waals surface area contributed by atoms with Crippen molar-refractivity contribution < 1.29 is 9.47 Å². The van der Waals surface area contributed by atoms with Gasteiger partial charge < -0.3 is 19.3 Å². The molecule has 0 bridgehead atoms. The van der Waals surface area contributed by atoms with Crippen molar-refractivity contribution in [2.45, 2.75) is 58.6 Å². The van der Waals surface area contributed by atoms with E-state index in [2.05, 4.69) is 30.6 Å². The molecule has 0 aromatic rings. The molecule has 0 atom stereocenters. The Kier molecular flexibility index (Phi) is 8.15. The van der Waals surface area contributed by atoms with Crippen molar-refractivity contribution in [2.24, 2.45) is 5.92 Å². The molecule has 4 nitrogen and oxygen atoms in total. The lowest BCUT2D eigenvalue weighted by Crippen LogP contribution is -2.41. The van der Waals surface area contributed by atoms with E-state index in [1.807, 2.05) is 0 Å². The zero-order chi connectivity index (χ0) is 15.8. The van der Waals surface area contributed by atoms with Gasteiger partial charge in [-0.3, -0.25) is 0 Å². The van der Waals surface area contributed by atoms with E-state index in [-0.39, 0.29) is 0 Å². The van der Waals surface area contributed by atoms with Gasteiger partial charge in [-0.25, -0.2) is 0 Å². The van der Waals surface area contributed by atoms with Crippen LogP contribution < -0.4 is 0 Å². The van der Waals surface area contributed by atoms with E-state index in [1.54, 1.807) is 0 Å². The summed E-state index contributed by atoms with van der Waals surface area (Å²) in [5.74, 6) is 0.910. The standard InChI is InChI=1S/C18H36N2O2/c1-16(2)20-10-6-18(7-11-20)22-15-14-21-13-12-19-8-4-17(3)5-9-19/h16-18H,4-15H2,1-3H3. The summed E-state index contributed by atoms with van der Waals surface area (Å²) in [5.41, 5.74) is 0. The van der Waals surface area contributed by atoms with Gasteiger partial charge in [0.1, 0.15) is 0 Å². The summed E-state index contributed by atoms with van der Waals surface area (Å²) in [7, 11) is 0. The largest absolute Gasteiger partial charge is 0.378 e.